The first-order valence-corrected chi connectivity index (χ1v) is 11.9. The quantitative estimate of drug-likeness (QED) is 0.547. The zero-order valence-electron chi connectivity index (χ0n) is 19.2. The second-order valence-corrected chi connectivity index (χ2v) is 9.12. The summed E-state index contributed by atoms with van der Waals surface area (Å²) in [6.45, 7) is 1.60. The van der Waals surface area contributed by atoms with Crippen LogP contribution in [0.3, 0.4) is 0 Å². The fourth-order valence-electron chi connectivity index (χ4n) is 4.71. The van der Waals surface area contributed by atoms with Crippen LogP contribution in [0.2, 0.25) is 5.02 Å². The first-order valence-electron chi connectivity index (χ1n) is 11.5. The minimum Gasteiger partial charge on any atom is -0.465 e. The summed E-state index contributed by atoms with van der Waals surface area (Å²) in [4.78, 5) is 26.3. The normalized spacial score (nSPS) is 20.2. The zero-order chi connectivity index (χ0) is 24.7. The molecule has 36 heavy (non-hydrogen) atoms. The smallest absolute Gasteiger partial charge is 0.283 e. The molecule has 3 aromatic rings. The number of anilines is 1. The van der Waals surface area contributed by atoms with Crippen LogP contribution in [0.4, 0.5) is 5.69 Å². The van der Waals surface area contributed by atoms with E-state index in [-0.39, 0.29) is 17.6 Å². The van der Waals surface area contributed by atoms with Gasteiger partial charge in [0.25, 0.3) is 11.9 Å². The molecule has 6 rings (SSSR count). The molecular formula is C26H22ClN5O4. The number of aliphatic imine (C=N–C) groups is 1. The Labute approximate surface area is 212 Å². The van der Waals surface area contributed by atoms with Gasteiger partial charge in [0, 0.05) is 35.6 Å². The monoisotopic (exact) mass is 503 g/mol. The first-order chi connectivity index (χ1) is 17.5. The molecule has 9 nitrogen and oxygen atoms in total. The first kappa shape index (κ1) is 22.5. The molecule has 2 aromatic heterocycles. The third-order valence-electron chi connectivity index (χ3n) is 6.44. The summed E-state index contributed by atoms with van der Waals surface area (Å²) in [5.74, 6) is 0.689. The fourth-order valence-corrected chi connectivity index (χ4v) is 4.82. The summed E-state index contributed by atoms with van der Waals surface area (Å²) in [7, 11) is 0. The van der Waals surface area contributed by atoms with Crippen LogP contribution in [-0.2, 0) is 15.0 Å². The van der Waals surface area contributed by atoms with Gasteiger partial charge in [-0.3, -0.25) is 4.79 Å². The molecule has 0 saturated heterocycles. The Hall–Kier alpha value is -3.95. The van der Waals surface area contributed by atoms with E-state index in [4.69, 9.17) is 36.5 Å². The molecule has 5 heterocycles. The largest absolute Gasteiger partial charge is 0.465 e. The van der Waals surface area contributed by atoms with Crippen LogP contribution in [0.1, 0.15) is 40.0 Å². The van der Waals surface area contributed by atoms with Crippen LogP contribution in [0, 0.1) is 0 Å². The van der Waals surface area contributed by atoms with Gasteiger partial charge in [0.15, 0.2) is 0 Å². The van der Waals surface area contributed by atoms with E-state index < -0.39 is 5.54 Å². The van der Waals surface area contributed by atoms with Crippen molar-refractivity contribution in [2.24, 2.45) is 10.7 Å². The van der Waals surface area contributed by atoms with E-state index in [9.17, 15) is 4.79 Å². The SMILES string of the molecule is NC1=N[C@@]2(CCO1)c1cc(NC(=O)c3ccc(Cl)cn3)ccc1Oc1ncc(C3=CCCOC3)cc12. The van der Waals surface area contributed by atoms with Gasteiger partial charge in [-0.05, 0) is 54.0 Å². The summed E-state index contributed by atoms with van der Waals surface area (Å²) < 4.78 is 17.3. The molecule has 0 radical (unpaired) electrons. The number of amides is 1. The molecular weight excluding hydrogens is 482 g/mol. The number of rotatable bonds is 3. The number of nitrogens with zero attached hydrogens (tertiary/aromatic N) is 3. The lowest BCUT2D eigenvalue weighted by Crippen LogP contribution is -2.39. The summed E-state index contributed by atoms with van der Waals surface area (Å²) in [5, 5.41) is 3.35. The molecule has 1 spiro atoms. The standard InChI is InChI=1S/C26H22ClN5O4/c27-17-3-5-21(29-13-17)23(33)31-18-4-6-22-19(11-18)26(7-9-35-25(28)32-26)20-10-16(12-30-24(20)36-22)15-2-1-8-34-14-15/h2-6,10-13H,1,7-9,14H2,(H2,28,32)(H,31,33)/t26-/m0/s1. The molecule has 0 aliphatic carbocycles. The number of carbonyl (C=O) groups excluding carboxylic acids is 1. The summed E-state index contributed by atoms with van der Waals surface area (Å²) in [5.41, 5.74) is 9.57. The van der Waals surface area contributed by atoms with Crippen molar-refractivity contribution >= 4 is 34.8 Å². The number of carbonyl (C=O) groups is 1. The Balaban J connectivity index is 1.43. The number of hydrogen-bond donors (Lipinski definition) is 2. The van der Waals surface area contributed by atoms with Gasteiger partial charge in [0.1, 0.15) is 17.0 Å². The predicted molar refractivity (Wildman–Crippen MR) is 134 cm³/mol. The Morgan fingerprint density at radius 3 is 2.78 bits per heavy atom. The average Bonchev–Trinajstić information content (AvgIpc) is 2.90. The van der Waals surface area contributed by atoms with Gasteiger partial charge in [0.2, 0.25) is 5.88 Å². The minimum atomic E-state index is -0.885. The van der Waals surface area contributed by atoms with Crippen molar-refractivity contribution in [3.63, 3.8) is 0 Å². The second kappa shape index (κ2) is 8.92. The maximum Gasteiger partial charge on any atom is 0.283 e. The molecule has 182 valence electrons. The zero-order valence-corrected chi connectivity index (χ0v) is 19.9. The number of nitrogens with one attached hydrogen (secondary N) is 1. The molecule has 0 bridgehead atoms. The topological polar surface area (TPSA) is 121 Å². The minimum absolute atomic E-state index is 0.0884. The Morgan fingerprint density at radius 2 is 2.00 bits per heavy atom. The number of nitrogens with two attached hydrogens (primary N) is 1. The number of pyridine rings is 2. The maximum atomic E-state index is 12.8. The third-order valence-corrected chi connectivity index (χ3v) is 6.67. The van der Waals surface area contributed by atoms with E-state index in [1.54, 1.807) is 30.5 Å². The van der Waals surface area contributed by atoms with Gasteiger partial charge >= 0.3 is 0 Å². The van der Waals surface area contributed by atoms with E-state index in [0.717, 1.165) is 28.7 Å². The van der Waals surface area contributed by atoms with Gasteiger partial charge in [0.05, 0.1) is 24.8 Å². The molecule has 3 aliphatic rings. The number of hydrogen-bond acceptors (Lipinski definition) is 8. The van der Waals surface area contributed by atoms with Crippen molar-refractivity contribution in [1.29, 1.82) is 0 Å². The molecule has 0 saturated carbocycles. The molecule has 0 unspecified atom stereocenters. The van der Waals surface area contributed by atoms with Gasteiger partial charge in [-0.1, -0.05) is 17.7 Å². The van der Waals surface area contributed by atoms with Crippen LogP contribution in [-0.4, -0.2) is 41.7 Å². The van der Waals surface area contributed by atoms with Crippen molar-refractivity contribution in [2.45, 2.75) is 18.4 Å². The number of halogens is 1. The molecule has 10 heteroatoms. The van der Waals surface area contributed by atoms with Crippen molar-refractivity contribution in [2.75, 3.05) is 25.1 Å². The van der Waals surface area contributed by atoms with Gasteiger partial charge in [-0.15, -0.1) is 0 Å². The number of benzene rings is 1. The molecule has 1 atom stereocenters. The van der Waals surface area contributed by atoms with Crippen LogP contribution >= 0.6 is 11.6 Å². The molecule has 3 N–H and O–H groups in total. The number of fused-ring (bicyclic) bond motifs is 4. The number of aromatic nitrogens is 2. The van der Waals surface area contributed by atoms with Gasteiger partial charge in [-0.2, -0.15) is 0 Å². The van der Waals surface area contributed by atoms with Crippen molar-refractivity contribution in [3.05, 3.63) is 82.3 Å². The Kier molecular flexibility index (Phi) is 5.58. The predicted octanol–water partition coefficient (Wildman–Crippen LogP) is 4.27. The van der Waals surface area contributed by atoms with Crippen LogP contribution < -0.4 is 15.8 Å². The molecule has 0 fully saturated rings. The second-order valence-electron chi connectivity index (χ2n) is 8.68. The highest BCUT2D eigenvalue weighted by molar-refractivity contribution is 6.30. The van der Waals surface area contributed by atoms with E-state index >= 15 is 0 Å². The average molecular weight is 504 g/mol. The highest BCUT2D eigenvalue weighted by atomic mass is 35.5. The maximum absolute atomic E-state index is 12.8. The van der Waals surface area contributed by atoms with Crippen molar-refractivity contribution in [3.8, 4) is 11.6 Å². The number of ether oxygens (including phenoxy) is 3. The summed E-state index contributed by atoms with van der Waals surface area (Å²) in [6, 6.07) is 10.7. The van der Waals surface area contributed by atoms with E-state index in [0.29, 0.717) is 48.6 Å². The van der Waals surface area contributed by atoms with Crippen LogP contribution in [0.25, 0.3) is 5.57 Å². The number of amidine groups is 1. The lowest BCUT2D eigenvalue weighted by molar-refractivity contribution is 0.102. The fraction of sp³-hybridized carbons (Fsp3) is 0.231. The highest BCUT2D eigenvalue weighted by Gasteiger charge is 2.45. The van der Waals surface area contributed by atoms with Crippen molar-refractivity contribution in [1.82, 2.24) is 9.97 Å². The molecule has 1 amide bonds. The molecule has 3 aliphatic heterocycles. The summed E-state index contributed by atoms with van der Waals surface area (Å²) >= 11 is 5.90. The lowest BCUT2D eigenvalue weighted by atomic mass is 9.78. The van der Waals surface area contributed by atoms with Crippen LogP contribution in [0.15, 0.2) is 59.9 Å². The molecule has 1 aromatic carbocycles. The summed E-state index contributed by atoms with van der Waals surface area (Å²) in [6.07, 6.45) is 6.75. The van der Waals surface area contributed by atoms with E-state index in [1.807, 2.05) is 12.1 Å². The van der Waals surface area contributed by atoms with E-state index in [2.05, 4.69) is 21.4 Å². The van der Waals surface area contributed by atoms with Crippen molar-refractivity contribution < 1.29 is 19.0 Å². The Bertz CT molecular complexity index is 1420. The Morgan fingerprint density at radius 1 is 1.08 bits per heavy atom. The third kappa shape index (κ3) is 3.96. The lowest BCUT2D eigenvalue weighted by Gasteiger charge is -2.39. The van der Waals surface area contributed by atoms with E-state index in [1.165, 1.54) is 6.20 Å². The highest BCUT2D eigenvalue weighted by Crippen LogP contribution is 2.52. The van der Waals surface area contributed by atoms with Crippen LogP contribution in [0.5, 0.6) is 11.6 Å². The van der Waals surface area contributed by atoms with Gasteiger partial charge < -0.3 is 25.3 Å². The van der Waals surface area contributed by atoms with Gasteiger partial charge in [-0.25, -0.2) is 15.0 Å².